The van der Waals surface area contributed by atoms with E-state index >= 15 is 0 Å². The molecule has 2 heterocycles. The average Bonchev–Trinajstić information content (AvgIpc) is 2.80. The third kappa shape index (κ3) is 4.35. The van der Waals surface area contributed by atoms with Crippen molar-refractivity contribution in [2.45, 2.75) is 19.5 Å². The van der Waals surface area contributed by atoms with E-state index in [0.717, 1.165) is 5.56 Å². The van der Waals surface area contributed by atoms with Crippen molar-refractivity contribution in [1.82, 2.24) is 14.5 Å². The molecule has 0 bridgehead atoms. The van der Waals surface area contributed by atoms with Gasteiger partial charge in [-0.1, -0.05) is 18.2 Å². The van der Waals surface area contributed by atoms with E-state index in [-0.39, 0.29) is 18.1 Å². The van der Waals surface area contributed by atoms with Gasteiger partial charge in [0, 0.05) is 13.1 Å². The molecule has 3 aromatic rings. The van der Waals surface area contributed by atoms with E-state index in [1.807, 2.05) is 25.1 Å². The van der Waals surface area contributed by atoms with E-state index < -0.39 is 5.69 Å². The summed E-state index contributed by atoms with van der Waals surface area (Å²) in [4.78, 5) is 31.0. The molecule has 1 aliphatic heterocycles. The Hall–Kier alpha value is -3.10. The summed E-state index contributed by atoms with van der Waals surface area (Å²) < 4.78 is 18.0. The molecule has 1 fully saturated rings. The first-order chi connectivity index (χ1) is 15.1. The number of ether oxygens (including phenoxy) is 3. The van der Waals surface area contributed by atoms with E-state index in [1.54, 1.807) is 31.4 Å². The van der Waals surface area contributed by atoms with Gasteiger partial charge < -0.3 is 19.2 Å². The number of nitrogens with zero attached hydrogens (tertiary/aromatic N) is 2. The number of morpholine rings is 1. The minimum atomic E-state index is -0.417. The van der Waals surface area contributed by atoms with Crippen molar-refractivity contribution < 1.29 is 14.2 Å². The lowest BCUT2D eigenvalue weighted by atomic mass is 10.0. The van der Waals surface area contributed by atoms with Gasteiger partial charge in [0.1, 0.15) is 0 Å². The van der Waals surface area contributed by atoms with Crippen molar-refractivity contribution >= 4 is 10.9 Å². The molecule has 1 N–H and O–H groups in total. The zero-order valence-corrected chi connectivity index (χ0v) is 17.8. The molecule has 31 heavy (non-hydrogen) atoms. The van der Waals surface area contributed by atoms with Crippen molar-refractivity contribution in [1.29, 1.82) is 0 Å². The second-order valence-electron chi connectivity index (χ2n) is 7.40. The molecule has 0 saturated carbocycles. The number of hydrogen-bond donors (Lipinski definition) is 1. The first kappa shape index (κ1) is 21.1. The number of aromatic nitrogens is 2. The van der Waals surface area contributed by atoms with Gasteiger partial charge in [0.2, 0.25) is 0 Å². The van der Waals surface area contributed by atoms with Crippen LogP contribution in [0.25, 0.3) is 10.9 Å². The Bertz CT molecular complexity index is 1160. The van der Waals surface area contributed by atoms with Crippen LogP contribution in [-0.2, 0) is 11.3 Å². The van der Waals surface area contributed by atoms with Crippen molar-refractivity contribution in [3.05, 3.63) is 68.9 Å². The van der Waals surface area contributed by atoms with E-state index in [4.69, 9.17) is 14.2 Å². The summed E-state index contributed by atoms with van der Waals surface area (Å²) in [6.07, 6.45) is 0. The fraction of sp³-hybridized carbons (Fsp3) is 0.391. The zero-order valence-electron chi connectivity index (χ0n) is 17.8. The Kier molecular flexibility index (Phi) is 6.39. The lowest BCUT2D eigenvalue weighted by Gasteiger charge is -2.35. The maximum Gasteiger partial charge on any atom is 0.328 e. The van der Waals surface area contributed by atoms with Gasteiger partial charge in [0.25, 0.3) is 5.56 Å². The molecule has 1 unspecified atom stereocenters. The summed E-state index contributed by atoms with van der Waals surface area (Å²) in [5.74, 6) is 1.28. The Morgan fingerprint density at radius 1 is 1.10 bits per heavy atom. The highest BCUT2D eigenvalue weighted by Crippen LogP contribution is 2.33. The Morgan fingerprint density at radius 3 is 2.61 bits per heavy atom. The summed E-state index contributed by atoms with van der Waals surface area (Å²) >= 11 is 0. The molecule has 0 spiro atoms. The zero-order chi connectivity index (χ0) is 21.8. The van der Waals surface area contributed by atoms with Gasteiger partial charge in [0.15, 0.2) is 11.5 Å². The first-order valence-corrected chi connectivity index (χ1v) is 10.5. The highest BCUT2D eigenvalue weighted by Gasteiger charge is 2.26. The third-order valence-corrected chi connectivity index (χ3v) is 5.60. The first-order valence-electron chi connectivity index (χ1n) is 10.5. The smallest absolute Gasteiger partial charge is 0.328 e. The summed E-state index contributed by atoms with van der Waals surface area (Å²) in [5.41, 5.74) is 0.774. The van der Waals surface area contributed by atoms with Gasteiger partial charge in [0.05, 0.1) is 50.4 Å². The molecule has 2 aromatic carbocycles. The molecule has 164 valence electrons. The number of aromatic amines is 1. The van der Waals surface area contributed by atoms with Crippen LogP contribution in [0.1, 0.15) is 18.5 Å². The normalized spacial score (nSPS) is 15.7. The number of methoxy groups -OCH3 is 1. The Balaban J connectivity index is 1.77. The summed E-state index contributed by atoms with van der Waals surface area (Å²) in [5, 5.41) is 0.493. The molecule has 1 saturated heterocycles. The summed E-state index contributed by atoms with van der Waals surface area (Å²) in [6.45, 7) is 5.30. The van der Waals surface area contributed by atoms with Gasteiger partial charge in [-0.25, -0.2) is 4.79 Å². The van der Waals surface area contributed by atoms with E-state index in [0.29, 0.717) is 55.3 Å². The molecule has 8 heteroatoms. The minimum Gasteiger partial charge on any atom is -0.493 e. The molecule has 4 rings (SSSR count). The molecule has 0 amide bonds. The number of fused-ring (bicyclic) bond motifs is 1. The fourth-order valence-corrected chi connectivity index (χ4v) is 4.02. The van der Waals surface area contributed by atoms with Crippen molar-refractivity contribution in [2.75, 3.05) is 40.0 Å². The minimum absolute atomic E-state index is 0.201. The largest absolute Gasteiger partial charge is 0.493 e. The number of hydrogen-bond acceptors (Lipinski definition) is 6. The maximum atomic E-state index is 13.1. The monoisotopic (exact) mass is 425 g/mol. The van der Waals surface area contributed by atoms with Crippen molar-refractivity contribution in [2.24, 2.45) is 0 Å². The molecule has 1 aromatic heterocycles. The fourth-order valence-electron chi connectivity index (χ4n) is 4.02. The Morgan fingerprint density at radius 2 is 1.87 bits per heavy atom. The van der Waals surface area contributed by atoms with Crippen LogP contribution in [0.5, 0.6) is 11.5 Å². The molecule has 1 atom stereocenters. The number of rotatable bonds is 7. The SMILES string of the molecule is CCOc1ccc(C(Cn2c(=O)[nH]c3ccccc3c2=O)N2CCOCC2)cc1OC. The number of para-hydroxylation sites is 1. The van der Waals surface area contributed by atoms with Crippen molar-refractivity contribution in [3.63, 3.8) is 0 Å². The van der Waals surface area contributed by atoms with Crippen LogP contribution in [0.15, 0.2) is 52.1 Å². The van der Waals surface area contributed by atoms with Crippen LogP contribution in [0.4, 0.5) is 0 Å². The van der Waals surface area contributed by atoms with Gasteiger partial charge in [-0.3, -0.25) is 14.3 Å². The molecule has 8 nitrogen and oxygen atoms in total. The van der Waals surface area contributed by atoms with Crippen LogP contribution >= 0.6 is 0 Å². The van der Waals surface area contributed by atoms with Gasteiger partial charge in [-0.2, -0.15) is 0 Å². The molecular weight excluding hydrogens is 398 g/mol. The molecule has 1 aliphatic rings. The lowest BCUT2D eigenvalue weighted by Crippen LogP contribution is -2.44. The quantitative estimate of drug-likeness (QED) is 0.625. The standard InChI is InChI=1S/C23H27N3O5/c1-3-31-20-9-8-16(14-21(20)29-2)19(25-10-12-30-13-11-25)15-26-22(27)17-6-4-5-7-18(17)24-23(26)28/h4-9,14,19H,3,10-13,15H2,1-2H3,(H,24,28). The predicted octanol–water partition coefficient (Wildman–Crippen LogP) is 2.17. The molecule has 0 aliphatic carbocycles. The van der Waals surface area contributed by atoms with Crippen LogP contribution in [0.2, 0.25) is 0 Å². The second kappa shape index (κ2) is 9.36. The van der Waals surface area contributed by atoms with Gasteiger partial charge in [-0.15, -0.1) is 0 Å². The predicted molar refractivity (Wildman–Crippen MR) is 118 cm³/mol. The number of nitrogens with one attached hydrogen (secondary N) is 1. The average molecular weight is 425 g/mol. The summed E-state index contributed by atoms with van der Waals surface area (Å²) in [6, 6.07) is 12.6. The lowest BCUT2D eigenvalue weighted by molar-refractivity contribution is 0.0118. The molecular formula is C23H27N3O5. The molecule has 0 radical (unpaired) electrons. The van der Waals surface area contributed by atoms with Crippen LogP contribution in [0.3, 0.4) is 0 Å². The van der Waals surface area contributed by atoms with Gasteiger partial charge in [-0.05, 0) is 36.8 Å². The summed E-state index contributed by atoms with van der Waals surface area (Å²) in [7, 11) is 1.60. The third-order valence-electron chi connectivity index (χ3n) is 5.60. The maximum absolute atomic E-state index is 13.1. The van der Waals surface area contributed by atoms with E-state index in [9.17, 15) is 9.59 Å². The highest BCUT2D eigenvalue weighted by atomic mass is 16.5. The van der Waals surface area contributed by atoms with E-state index in [2.05, 4.69) is 9.88 Å². The van der Waals surface area contributed by atoms with Crippen LogP contribution in [-0.4, -0.2) is 54.5 Å². The second-order valence-corrected chi connectivity index (χ2v) is 7.40. The number of benzene rings is 2. The van der Waals surface area contributed by atoms with Crippen LogP contribution in [0, 0.1) is 0 Å². The van der Waals surface area contributed by atoms with Gasteiger partial charge >= 0.3 is 5.69 Å². The van der Waals surface area contributed by atoms with Crippen molar-refractivity contribution in [3.8, 4) is 11.5 Å². The van der Waals surface area contributed by atoms with Crippen LogP contribution < -0.4 is 20.7 Å². The number of H-pyrrole nitrogens is 1. The highest BCUT2D eigenvalue weighted by molar-refractivity contribution is 5.76. The Labute approximate surface area is 180 Å². The topological polar surface area (TPSA) is 85.8 Å². The van der Waals surface area contributed by atoms with E-state index in [1.165, 1.54) is 4.57 Å².